The van der Waals surface area contributed by atoms with Crippen molar-refractivity contribution in [1.29, 1.82) is 5.41 Å². The van der Waals surface area contributed by atoms with E-state index in [0.717, 1.165) is 43.2 Å². The highest BCUT2D eigenvalue weighted by molar-refractivity contribution is 6.00. The zero-order valence-corrected chi connectivity index (χ0v) is 25.2. The van der Waals surface area contributed by atoms with Gasteiger partial charge in [-0.2, -0.15) is 0 Å². The number of rotatable bonds is 2. The van der Waals surface area contributed by atoms with Gasteiger partial charge in [0.15, 0.2) is 12.1 Å². The Morgan fingerprint density at radius 3 is 2.65 bits per heavy atom. The van der Waals surface area contributed by atoms with Crippen LogP contribution in [0.2, 0.25) is 0 Å². The molecule has 2 aromatic rings. The smallest absolute Gasteiger partial charge is 0.303 e. The maximum atomic E-state index is 13.9. The Labute approximate surface area is 251 Å². The Kier molecular flexibility index (Phi) is 7.34. The van der Waals surface area contributed by atoms with Crippen LogP contribution in [0.3, 0.4) is 0 Å². The maximum absolute atomic E-state index is 13.9. The predicted molar refractivity (Wildman–Crippen MR) is 159 cm³/mol. The summed E-state index contributed by atoms with van der Waals surface area (Å²) in [5.41, 5.74) is 1.55. The first-order valence-corrected chi connectivity index (χ1v) is 15.3. The van der Waals surface area contributed by atoms with E-state index < -0.39 is 35.3 Å². The summed E-state index contributed by atoms with van der Waals surface area (Å²) in [5.74, 6) is 0.433. The monoisotopic (exact) mass is 588 g/mol. The summed E-state index contributed by atoms with van der Waals surface area (Å²) < 4.78 is 18.1. The van der Waals surface area contributed by atoms with Gasteiger partial charge in [-0.1, -0.05) is 19.4 Å². The molecule has 5 aliphatic rings. The quantitative estimate of drug-likeness (QED) is 0.433. The number of carbonyl (C=O) groups excluding carboxylic acids is 3. The summed E-state index contributed by atoms with van der Waals surface area (Å²) >= 11 is 0. The molecule has 0 radical (unpaired) electrons. The lowest BCUT2D eigenvalue weighted by atomic mass is 9.82. The molecule has 4 atom stereocenters. The SMILES string of the molecule is CC[C@]12CCCCc3ccc4c(c3)[C@@H](NC(=O)c3ccc5c(c3)[C@@H](CCO5)N(C(=N)N1)C(=O)C2)[C@H](OC(C)=O)C(C)(C)O4. The first-order chi connectivity index (χ1) is 20.5. The molecule has 0 unspecified atom stereocenters. The Morgan fingerprint density at radius 1 is 1.12 bits per heavy atom. The van der Waals surface area contributed by atoms with Crippen LogP contribution in [-0.2, 0) is 20.7 Å². The number of aryl methyl sites for hydroxylation is 1. The summed E-state index contributed by atoms with van der Waals surface area (Å²) in [6.45, 7) is 7.52. The van der Waals surface area contributed by atoms with Crippen LogP contribution in [0, 0.1) is 5.41 Å². The van der Waals surface area contributed by atoms with E-state index in [9.17, 15) is 14.4 Å². The van der Waals surface area contributed by atoms with Gasteiger partial charge in [-0.3, -0.25) is 24.7 Å². The molecule has 228 valence electrons. The standard InChI is InChI=1S/C33H40N4O6/c1-5-33-14-7-6-8-20-9-11-26-23(16-20)28(29(42-19(2)38)32(3,4)43-26)35-30(40)21-10-12-25-22(17-21)24(13-15-41-25)37(27(39)18-33)31(34)36-33/h9-12,16-17,24,28-29H,5-8,13-15,18H2,1-4H3,(H2,34,36)(H,35,40)/t24-,28-,29+,33-/m1/s1. The number of nitrogens with one attached hydrogen (secondary N) is 3. The molecule has 10 nitrogen and oxygen atoms in total. The molecule has 5 aliphatic heterocycles. The van der Waals surface area contributed by atoms with Crippen LogP contribution in [0.4, 0.5) is 0 Å². The van der Waals surface area contributed by atoms with Crippen molar-refractivity contribution in [2.75, 3.05) is 6.61 Å². The second-order valence-corrected chi connectivity index (χ2v) is 12.7. The molecule has 7 rings (SSSR count). The summed E-state index contributed by atoms with van der Waals surface area (Å²) in [6.07, 6.45) is 4.10. The first-order valence-electron chi connectivity index (χ1n) is 15.3. The summed E-state index contributed by atoms with van der Waals surface area (Å²) in [5, 5.41) is 15.5. The first kappa shape index (κ1) is 29.0. The van der Waals surface area contributed by atoms with Crippen LogP contribution in [0.5, 0.6) is 11.5 Å². The molecule has 0 aliphatic carbocycles. The summed E-state index contributed by atoms with van der Waals surface area (Å²) in [7, 11) is 0. The number of guanidine groups is 1. The number of nitrogens with zero attached hydrogens (tertiary/aromatic N) is 1. The third kappa shape index (κ3) is 5.32. The van der Waals surface area contributed by atoms with Gasteiger partial charge in [-0.15, -0.1) is 0 Å². The van der Waals surface area contributed by atoms with Crippen LogP contribution < -0.4 is 20.1 Å². The molecule has 43 heavy (non-hydrogen) atoms. The molecule has 0 aromatic heterocycles. The van der Waals surface area contributed by atoms with Crippen molar-refractivity contribution in [1.82, 2.24) is 15.5 Å². The van der Waals surface area contributed by atoms with Crippen molar-refractivity contribution in [3.8, 4) is 11.5 Å². The van der Waals surface area contributed by atoms with Crippen LogP contribution >= 0.6 is 0 Å². The lowest BCUT2D eigenvalue weighted by molar-refractivity contribution is -0.162. The van der Waals surface area contributed by atoms with Gasteiger partial charge in [0.2, 0.25) is 5.91 Å². The fourth-order valence-electron chi connectivity index (χ4n) is 7.07. The number of amides is 2. The second-order valence-electron chi connectivity index (χ2n) is 12.7. The van der Waals surface area contributed by atoms with Crippen molar-refractivity contribution in [3.63, 3.8) is 0 Å². The Hall–Kier alpha value is -4.08. The third-order valence-corrected chi connectivity index (χ3v) is 9.37. The van der Waals surface area contributed by atoms with E-state index in [1.807, 2.05) is 32.0 Å². The molecule has 1 fully saturated rings. The molecule has 1 saturated heterocycles. The van der Waals surface area contributed by atoms with Crippen molar-refractivity contribution >= 4 is 23.7 Å². The lowest BCUT2D eigenvalue weighted by Gasteiger charge is -2.46. The van der Waals surface area contributed by atoms with Crippen LogP contribution in [0.15, 0.2) is 36.4 Å². The molecule has 0 saturated carbocycles. The number of carbonyl (C=O) groups is 3. The van der Waals surface area contributed by atoms with Gasteiger partial charge in [0, 0.05) is 35.6 Å². The van der Waals surface area contributed by atoms with Crippen LogP contribution in [-0.4, -0.2) is 52.5 Å². The van der Waals surface area contributed by atoms with Crippen molar-refractivity contribution in [2.45, 2.75) is 102 Å². The van der Waals surface area contributed by atoms with E-state index >= 15 is 0 Å². The van der Waals surface area contributed by atoms with Gasteiger partial charge in [0.05, 0.1) is 25.1 Å². The van der Waals surface area contributed by atoms with E-state index in [-0.39, 0.29) is 17.8 Å². The van der Waals surface area contributed by atoms with E-state index in [4.69, 9.17) is 19.6 Å². The molecule has 5 heterocycles. The molecule has 0 spiro atoms. The Morgan fingerprint density at radius 2 is 1.91 bits per heavy atom. The molecule has 10 heteroatoms. The number of benzene rings is 2. The molecule has 2 aromatic carbocycles. The molecular formula is C33H40N4O6. The number of ether oxygens (including phenoxy) is 3. The Balaban J connectivity index is 1.45. The number of esters is 1. The van der Waals surface area contributed by atoms with Gasteiger partial charge in [0.1, 0.15) is 17.1 Å². The second kappa shape index (κ2) is 10.9. The zero-order chi connectivity index (χ0) is 30.5. The van der Waals surface area contributed by atoms with E-state index in [1.165, 1.54) is 11.8 Å². The highest BCUT2D eigenvalue weighted by Crippen LogP contribution is 2.43. The average molecular weight is 589 g/mol. The average Bonchev–Trinajstić information content (AvgIpc) is 2.96. The minimum Gasteiger partial charge on any atom is -0.493 e. The number of hydrogen-bond donors (Lipinski definition) is 3. The molecule has 3 N–H and O–H groups in total. The van der Waals surface area contributed by atoms with Gasteiger partial charge >= 0.3 is 5.97 Å². The summed E-state index contributed by atoms with van der Waals surface area (Å²) in [4.78, 5) is 41.4. The highest BCUT2D eigenvalue weighted by Gasteiger charge is 2.48. The predicted octanol–water partition coefficient (Wildman–Crippen LogP) is 4.72. The van der Waals surface area contributed by atoms with E-state index in [0.29, 0.717) is 42.1 Å². The van der Waals surface area contributed by atoms with Crippen LogP contribution in [0.1, 0.15) is 105 Å². The summed E-state index contributed by atoms with van der Waals surface area (Å²) in [6, 6.07) is 10.1. The topological polar surface area (TPSA) is 130 Å². The van der Waals surface area contributed by atoms with Crippen molar-refractivity contribution < 1.29 is 28.6 Å². The number of fused-ring (bicyclic) bond motifs is 6. The van der Waals surface area contributed by atoms with E-state index in [2.05, 4.69) is 17.6 Å². The van der Waals surface area contributed by atoms with Gasteiger partial charge < -0.3 is 24.8 Å². The molecule has 2 amide bonds. The number of hydrogen-bond acceptors (Lipinski definition) is 7. The van der Waals surface area contributed by atoms with E-state index in [1.54, 1.807) is 18.2 Å². The highest BCUT2D eigenvalue weighted by atomic mass is 16.6. The molecular weight excluding hydrogens is 548 g/mol. The van der Waals surface area contributed by atoms with Crippen molar-refractivity contribution in [2.24, 2.45) is 0 Å². The molecule has 6 bridgehead atoms. The van der Waals surface area contributed by atoms with Gasteiger partial charge in [-0.25, -0.2) is 0 Å². The fourth-order valence-corrected chi connectivity index (χ4v) is 7.07. The third-order valence-electron chi connectivity index (χ3n) is 9.37. The zero-order valence-electron chi connectivity index (χ0n) is 25.2. The lowest BCUT2D eigenvalue weighted by Crippen LogP contribution is -2.63. The maximum Gasteiger partial charge on any atom is 0.303 e. The van der Waals surface area contributed by atoms with Gasteiger partial charge in [-0.05, 0) is 75.4 Å². The largest absolute Gasteiger partial charge is 0.493 e. The van der Waals surface area contributed by atoms with Crippen molar-refractivity contribution in [3.05, 3.63) is 58.7 Å². The normalized spacial score (nSPS) is 28.0. The minimum absolute atomic E-state index is 0.0895. The van der Waals surface area contributed by atoms with Gasteiger partial charge in [0.25, 0.3) is 5.91 Å². The minimum atomic E-state index is -0.904. The van der Waals surface area contributed by atoms with Crippen LogP contribution in [0.25, 0.3) is 0 Å². The fraction of sp³-hybridized carbons (Fsp3) is 0.515. The Bertz CT molecular complexity index is 1470.